The topological polar surface area (TPSA) is 3.24 Å². The van der Waals surface area contributed by atoms with Crippen molar-refractivity contribution in [3.63, 3.8) is 0 Å². The Morgan fingerprint density at radius 2 is 0.522 bits per heavy atom. The molecule has 0 amide bonds. The number of halogens is 1. The predicted octanol–water partition coefficient (Wildman–Crippen LogP) is 16.2. The molecular weight excluding hydrogens is 578 g/mol. The molecule has 0 atom stereocenters. The number of unbranched alkanes of at least 4 members (excludes halogenated alkanes) is 32. The second-order valence-corrected chi connectivity index (χ2v) is 14.6. The molecule has 1 nitrogen and oxygen atoms in total. The Bertz CT molecular complexity index is 623. The molecule has 0 bridgehead atoms. The number of benzene rings is 1. The molecule has 0 aliphatic rings. The van der Waals surface area contributed by atoms with E-state index >= 15 is 0 Å². The van der Waals surface area contributed by atoms with Crippen LogP contribution >= 0.6 is 12.4 Å². The van der Waals surface area contributed by atoms with Crippen LogP contribution in [-0.2, 0) is 0 Å². The molecule has 0 aliphatic carbocycles. The van der Waals surface area contributed by atoms with E-state index in [2.05, 4.69) is 49.1 Å². The summed E-state index contributed by atoms with van der Waals surface area (Å²) in [5, 5.41) is 0. The minimum atomic E-state index is 0. The summed E-state index contributed by atoms with van der Waals surface area (Å²) in [5.41, 5.74) is 1.44. The first-order chi connectivity index (χ1) is 22.4. The van der Waals surface area contributed by atoms with Crippen LogP contribution in [-0.4, -0.2) is 13.1 Å². The molecule has 0 spiro atoms. The van der Waals surface area contributed by atoms with E-state index in [1.165, 1.54) is 237 Å². The predicted molar refractivity (Wildman–Crippen MR) is 214 cm³/mol. The fourth-order valence-corrected chi connectivity index (χ4v) is 7.06. The maximum Gasteiger partial charge on any atom is 0.0366 e. The zero-order valence-corrected chi connectivity index (χ0v) is 32.5. The lowest BCUT2D eigenvalue weighted by molar-refractivity contribution is 0.523. The Balaban J connectivity index is 0.0000202. The van der Waals surface area contributed by atoms with Crippen molar-refractivity contribution in [3.8, 4) is 0 Å². The summed E-state index contributed by atoms with van der Waals surface area (Å²) in [5.74, 6) is 0. The molecule has 1 rings (SSSR count). The third-order valence-corrected chi connectivity index (χ3v) is 10.2. The van der Waals surface area contributed by atoms with Crippen LogP contribution in [0, 0.1) is 0 Å². The van der Waals surface area contributed by atoms with Crippen LogP contribution < -0.4 is 4.90 Å². The van der Waals surface area contributed by atoms with Crippen molar-refractivity contribution < 1.29 is 0 Å². The van der Waals surface area contributed by atoms with Crippen LogP contribution in [0.15, 0.2) is 30.3 Å². The highest BCUT2D eigenvalue weighted by Gasteiger charge is 2.06. The summed E-state index contributed by atoms with van der Waals surface area (Å²) in [4.78, 5) is 2.68. The Morgan fingerprint density at radius 3 is 0.761 bits per heavy atom. The maximum absolute atomic E-state index is 2.68. The monoisotopic (exact) mass is 662 g/mol. The number of hydrogen-bond donors (Lipinski definition) is 0. The van der Waals surface area contributed by atoms with Gasteiger partial charge in [0.15, 0.2) is 0 Å². The van der Waals surface area contributed by atoms with Gasteiger partial charge in [0.2, 0.25) is 0 Å². The summed E-state index contributed by atoms with van der Waals surface area (Å²) in [7, 11) is 0. The molecule has 0 saturated heterocycles. The summed E-state index contributed by atoms with van der Waals surface area (Å²) >= 11 is 0. The van der Waals surface area contributed by atoms with Gasteiger partial charge in [0.25, 0.3) is 0 Å². The molecule has 46 heavy (non-hydrogen) atoms. The minimum absolute atomic E-state index is 0. The van der Waals surface area contributed by atoms with Crippen molar-refractivity contribution in [1.82, 2.24) is 0 Å². The van der Waals surface area contributed by atoms with Gasteiger partial charge in [0.1, 0.15) is 0 Å². The fourth-order valence-electron chi connectivity index (χ4n) is 7.06. The van der Waals surface area contributed by atoms with Crippen molar-refractivity contribution in [2.45, 2.75) is 232 Å². The number of nitrogens with zero attached hydrogens (tertiary/aromatic N) is 1. The molecule has 1 aromatic carbocycles. The van der Waals surface area contributed by atoms with E-state index in [-0.39, 0.29) is 12.4 Å². The number of hydrogen-bond acceptors (Lipinski definition) is 1. The lowest BCUT2D eigenvalue weighted by Crippen LogP contribution is -2.25. The largest absolute Gasteiger partial charge is 0.372 e. The third-order valence-electron chi connectivity index (χ3n) is 10.2. The molecule has 0 aliphatic heterocycles. The summed E-state index contributed by atoms with van der Waals surface area (Å²) in [6.07, 6.45) is 49.2. The Hall–Kier alpha value is -0.690. The van der Waals surface area contributed by atoms with Crippen LogP contribution in [0.25, 0.3) is 0 Å². The fraction of sp³-hybridized carbons (Fsp3) is 0.864. The van der Waals surface area contributed by atoms with E-state index in [1.54, 1.807) is 0 Å². The van der Waals surface area contributed by atoms with E-state index in [4.69, 9.17) is 0 Å². The van der Waals surface area contributed by atoms with Gasteiger partial charge in [-0.05, 0) is 25.0 Å². The molecule has 0 N–H and O–H groups in total. The molecule has 272 valence electrons. The van der Waals surface area contributed by atoms with Gasteiger partial charge in [-0.3, -0.25) is 0 Å². The first kappa shape index (κ1) is 45.3. The van der Waals surface area contributed by atoms with Crippen molar-refractivity contribution in [2.75, 3.05) is 18.0 Å². The first-order valence-corrected chi connectivity index (χ1v) is 21.2. The number of rotatable bonds is 37. The normalized spacial score (nSPS) is 11.2. The Morgan fingerprint density at radius 1 is 0.304 bits per heavy atom. The standard InChI is InChI=1S/C44H83N.ClH/c1-3-5-7-9-11-13-15-17-19-21-23-25-27-29-31-33-38-42-45(44-40-36-35-37-41-44)43-39-34-32-30-28-26-24-22-20-18-16-14-12-10-8-6-4-2;/h35-37,40-41H,3-34,38-39,42-43H2,1-2H3;1H. The van der Waals surface area contributed by atoms with Crippen LogP contribution in [0.3, 0.4) is 0 Å². The number of para-hydroxylation sites is 1. The summed E-state index contributed by atoms with van der Waals surface area (Å²) in [6, 6.07) is 11.2. The van der Waals surface area contributed by atoms with Gasteiger partial charge < -0.3 is 4.90 Å². The molecular formula is C44H84ClN. The zero-order valence-electron chi connectivity index (χ0n) is 31.7. The van der Waals surface area contributed by atoms with E-state index in [1.807, 2.05) is 0 Å². The van der Waals surface area contributed by atoms with Gasteiger partial charge in [-0.25, -0.2) is 0 Å². The first-order valence-electron chi connectivity index (χ1n) is 21.2. The minimum Gasteiger partial charge on any atom is -0.372 e. The van der Waals surface area contributed by atoms with Crippen molar-refractivity contribution in [2.24, 2.45) is 0 Å². The maximum atomic E-state index is 2.68. The van der Waals surface area contributed by atoms with Gasteiger partial charge >= 0.3 is 0 Å². The van der Waals surface area contributed by atoms with E-state index < -0.39 is 0 Å². The van der Waals surface area contributed by atoms with E-state index in [9.17, 15) is 0 Å². The highest BCUT2D eigenvalue weighted by molar-refractivity contribution is 5.85. The number of anilines is 1. The van der Waals surface area contributed by atoms with Gasteiger partial charge in [0.05, 0.1) is 0 Å². The van der Waals surface area contributed by atoms with Gasteiger partial charge in [-0.1, -0.05) is 238 Å². The Labute approximate surface area is 297 Å². The summed E-state index contributed by atoms with van der Waals surface area (Å²) in [6.45, 7) is 7.09. The van der Waals surface area contributed by atoms with Crippen molar-refractivity contribution in [3.05, 3.63) is 30.3 Å². The molecule has 0 aromatic heterocycles. The smallest absolute Gasteiger partial charge is 0.0366 e. The molecule has 2 heteroatoms. The van der Waals surface area contributed by atoms with Crippen LogP contribution in [0.1, 0.15) is 232 Å². The van der Waals surface area contributed by atoms with E-state index in [0.717, 1.165) is 0 Å². The lowest BCUT2D eigenvalue weighted by atomic mass is 10.0. The molecule has 0 fully saturated rings. The molecule has 0 unspecified atom stereocenters. The second-order valence-electron chi connectivity index (χ2n) is 14.6. The average Bonchev–Trinajstić information content (AvgIpc) is 3.07. The van der Waals surface area contributed by atoms with Crippen LogP contribution in [0.4, 0.5) is 5.69 Å². The van der Waals surface area contributed by atoms with E-state index in [0.29, 0.717) is 0 Å². The van der Waals surface area contributed by atoms with Gasteiger partial charge in [-0.2, -0.15) is 0 Å². The molecule has 0 radical (unpaired) electrons. The Kier molecular flexibility index (Phi) is 38.2. The third kappa shape index (κ3) is 31.9. The zero-order chi connectivity index (χ0) is 32.1. The van der Waals surface area contributed by atoms with Gasteiger partial charge in [-0.15, -0.1) is 12.4 Å². The average molecular weight is 663 g/mol. The lowest BCUT2D eigenvalue weighted by Gasteiger charge is -2.25. The molecule has 0 heterocycles. The highest BCUT2D eigenvalue weighted by Crippen LogP contribution is 2.19. The summed E-state index contributed by atoms with van der Waals surface area (Å²) < 4.78 is 0. The second kappa shape index (κ2) is 38.8. The van der Waals surface area contributed by atoms with Gasteiger partial charge in [0, 0.05) is 18.8 Å². The van der Waals surface area contributed by atoms with Crippen molar-refractivity contribution >= 4 is 18.1 Å². The molecule has 0 saturated carbocycles. The SMILES string of the molecule is CCCCCCCCCCCCCCCCCCCN(CCCCCCCCCCCCCCCCCCC)c1ccccc1.Cl. The quantitative estimate of drug-likeness (QED) is 0.0641. The van der Waals surface area contributed by atoms with Crippen LogP contribution in [0.5, 0.6) is 0 Å². The highest BCUT2D eigenvalue weighted by atomic mass is 35.5. The molecule has 1 aromatic rings. The van der Waals surface area contributed by atoms with Crippen LogP contribution in [0.2, 0.25) is 0 Å². The van der Waals surface area contributed by atoms with Crippen molar-refractivity contribution in [1.29, 1.82) is 0 Å².